The van der Waals surface area contributed by atoms with Gasteiger partial charge in [0, 0.05) is 23.2 Å². The number of hydrogen-bond acceptors (Lipinski definition) is 3. The topological polar surface area (TPSA) is 16.9 Å². The van der Waals surface area contributed by atoms with E-state index in [1.54, 1.807) is 7.11 Å². The molecule has 0 bridgehead atoms. The number of likely N-dealkylation sites (N-methyl/N-ethyl adjacent to an activating group) is 1. The van der Waals surface area contributed by atoms with E-state index in [9.17, 15) is 0 Å². The average molecular weight is 336 g/mol. The zero-order valence-corrected chi connectivity index (χ0v) is 14.8. The number of rotatable bonds is 2. The molecule has 0 unspecified atom stereocenters. The van der Waals surface area contributed by atoms with Crippen molar-refractivity contribution < 1.29 is 4.74 Å². The fourth-order valence-corrected chi connectivity index (χ4v) is 5.31. The van der Waals surface area contributed by atoms with Gasteiger partial charge in [0.15, 0.2) is 0 Å². The summed E-state index contributed by atoms with van der Waals surface area (Å²) in [5.74, 6) is 1.53. The van der Waals surface area contributed by atoms with Crippen LogP contribution in [-0.4, -0.2) is 35.9 Å². The summed E-state index contributed by atoms with van der Waals surface area (Å²) in [5.41, 5.74) is 4.21. The van der Waals surface area contributed by atoms with Crippen molar-refractivity contribution in [2.45, 2.75) is 12.3 Å². The molecule has 3 heterocycles. The molecule has 122 valence electrons. The van der Waals surface area contributed by atoms with E-state index in [1.807, 2.05) is 11.5 Å². The fraction of sp³-hybridized carbons (Fsp3) is 0.300. The number of fused-ring (bicyclic) bond motifs is 5. The highest BCUT2D eigenvalue weighted by Gasteiger charge is 2.28. The first-order valence-corrected chi connectivity index (χ1v) is 9.22. The summed E-state index contributed by atoms with van der Waals surface area (Å²) in [7, 11) is 3.97. The maximum atomic E-state index is 5.50. The highest BCUT2D eigenvalue weighted by atomic mass is 32.1. The largest absolute Gasteiger partial charge is 0.497 e. The number of aromatic nitrogens is 1. The minimum atomic E-state index is 0.590. The lowest BCUT2D eigenvalue weighted by Crippen LogP contribution is -2.13. The van der Waals surface area contributed by atoms with Crippen LogP contribution in [0.15, 0.2) is 42.5 Å². The van der Waals surface area contributed by atoms with Gasteiger partial charge >= 0.3 is 0 Å². The molecule has 1 fully saturated rings. The lowest BCUT2D eigenvalue weighted by atomic mass is 9.95. The third-order valence-electron chi connectivity index (χ3n) is 5.30. The first-order chi connectivity index (χ1) is 11.8. The van der Waals surface area contributed by atoms with Crippen LogP contribution < -0.4 is 4.74 Å². The summed E-state index contributed by atoms with van der Waals surface area (Å²) < 4.78 is 9.29. The molecule has 1 saturated heterocycles. The van der Waals surface area contributed by atoms with Gasteiger partial charge in [-0.25, -0.2) is 0 Å². The number of nitrogens with zero attached hydrogens (tertiary/aromatic N) is 2. The molecule has 1 atom stereocenters. The molecule has 24 heavy (non-hydrogen) atoms. The minimum absolute atomic E-state index is 0.590. The van der Waals surface area contributed by atoms with Gasteiger partial charge in [-0.3, -0.25) is 3.79 Å². The van der Waals surface area contributed by atoms with Crippen LogP contribution in [0, 0.1) is 0 Å². The van der Waals surface area contributed by atoms with Gasteiger partial charge in [-0.05, 0) is 49.8 Å². The summed E-state index contributed by atoms with van der Waals surface area (Å²) in [4.78, 5) is 2.44. The number of hydrogen-bond donors (Lipinski definition) is 0. The van der Waals surface area contributed by atoms with Crippen LogP contribution in [0.1, 0.15) is 17.9 Å². The molecule has 2 aromatic carbocycles. The number of methoxy groups -OCH3 is 1. The van der Waals surface area contributed by atoms with E-state index in [-0.39, 0.29) is 0 Å². The maximum absolute atomic E-state index is 5.50. The second-order valence-corrected chi connectivity index (χ2v) is 7.76. The summed E-state index contributed by atoms with van der Waals surface area (Å²) in [6.07, 6.45) is 1.23. The fourth-order valence-electron chi connectivity index (χ4n) is 4.17. The Kier molecular flexibility index (Phi) is 3.12. The van der Waals surface area contributed by atoms with E-state index in [2.05, 4.69) is 58.2 Å². The predicted octanol–water partition coefficient (Wildman–Crippen LogP) is 4.73. The molecule has 4 heteroatoms. The van der Waals surface area contributed by atoms with E-state index in [0.717, 1.165) is 12.3 Å². The first-order valence-electron chi connectivity index (χ1n) is 8.45. The average Bonchev–Trinajstić information content (AvgIpc) is 3.27. The van der Waals surface area contributed by atoms with Gasteiger partial charge in [0.2, 0.25) is 0 Å². The van der Waals surface area contributed by atoms with Gasteiger partial charge in [-0.2, -0.15) is 0 Å². The SMILES string of the molecule is COc1ccc2c(c1)c([C@H]1CCN(C)C1)c1c3ccccc3sn21. The molecule has 0 spiro atoms. The van der Waals surface area contributed by atoms with Crippen molar-refractivity contribution in [3.05, 3.63) is 48.0 Å². The Labute approximate surface area is 145 Å². The lowest BCUT2D eigenvalue weighted by molar-refractivity contribution is 0.412. The Morgan fingerprint density at radius 3 is 2.79 bits per heavy atom. The summed E-state index contributed by atoms with van der Waals surface area (Å²) >= 11 is 1.85. The third-order valence-corrected chi connectivity index (χ3v) is 6.42. The van der Waals surface area contributed by atoms with Crippen molar-refractivity contribution in [3.8, 4) is 5.75 Å². The molecular formula is C20H20N2OS. The van der Waals surface area contributed by atoms with Crippen LogP contribution in [0.2, 0.25) is 0 Å². The third kappa shape index (κ3) is 1.93. The molecule has 0 amide bonds. The van der Waals surface area contributed by atoms with E-state index in [0.29, 0.717) is 5.92 Å². The van der Waals surface area contributed by atoms with E-state index < -0.39 is 0 Å². The number of benzene rings is 2. The van der Waals surface area contributed by atoms with Crippen LogP contribution in [-0.2, 0) is 0 Å². The summed E-state index contributed by atoms with van der Waals surface area (Å²) in [5, 5.41) is 2.73. The van der Waals surface area contributed by atoms with Crippen molar-refractivity contribution in [3.63, 3.8) is 0 Å². The van der Waals surface area contributed by atoms with Gasteiger partial charge in [0.1, 0.15) is 5.75 Å². The highest BCUT2D eigenvalue weighted by Crippen LogP contribution is 2.43. The Balaban J connectivity index is 1.92. The van der Waals surface area contributed by atoms with Crippen molar-refractivity contribution in [2.75, 3.05) is 27.2 Å². The van der Waals surface area contributed by atoms with Crippen molar-refractivity contribution in [1.82, 2.24) is 8.69 Å². The van der Waals surface area contributed by atoms with Crippen molar-refractivity contribution in [2.24, 2.45) is 0 Å². The van der Waals surface area contributed by atoms with Crippen LogP contribution in [0.3, 0.4) is 0 Å². The summed E-state index contributed by atoms with van der Waals surface area (Å²) in [6.45, 7) is 2.31. The molecule has 0 N–H and O–H groups in total. The van der Waals surface area contributed by atoms with Crippen molar-refractivity contribution in [1.29, 1.82) is 0 Å². The van der Waals surface area contributed by atoms with Gasteiger partial charge in [-0.15, -0.1) is 0 Å². The molecule has 1 aliphatic rings. The van der Waals surface area contributed by atoms with Gasteiger partial charge in [-0.1, -0.05) is 29.7 Å². The highest BCUT2D eigenvalue weighted by molar-refractivity contribution is 7.14. The zero-order chi connectivity index (χ0) is 16.3. The van der Waals surface area contributed by atoms with Crippen LogP contribution in [0.4, 0.5) is 0 Å². The molecule has 1 aliphatic heterocycles. The van der Waals surface area contributed by atoms with Crippen LogP contribution >= 0.6 is 11.5 Å². The smallest absolute Gasteiger partial charge is 0.119 e. The molecule has 5 rings (SSSR count). The molecule has 0 saturated carbocycles. The molecule has 0 aliphatic carbocycles. The van der Waals surface area contributed by atoms with Crippen LogP contribution in [0.5, 0.6) is 5.75 Å². The van der Waals surface area contributed by atoms with Crippen molar-refractivity contribution >= 4 is 38.0 Å². The van der Waals surface area contributed by atoms with E-state index in [4.69, 9.17) is 4.74 Å². The second-order valence-electron chi connectivity index (χ2n) is 6.78. The zero-order valence-electron chi connectivity index (χ0n) is 14.0. The van der Waals surface area contributed by atoms with Gasteiger partial charge < -0.3 is 9.64 Å². The molecule has 0 radical (unpaired) electrons. The Hall–Kier alpha value is -2.04. The van der Waals surface area contributed by atoms with E-state index in [1.165, 1.54) is 45.0 Å². The maximum Gasteiger partial charge on any atom is 0.119 e. The van der Waals surface area contributed by atoms with E-state index >= 15 is 0 Å². The molecular weight excluding hydrogens is 316 g/mol. The molecule has 2 aromatic heterocycles. The molecule has 4 aromatic rings. The lowest BCUT2D eigenvalue weighted by Gasteiger charge is -2.11. The first kappa shape index (κ1) is 14.3. The Bertz CT molecular complexity index is 1060. The quantitative estimate of drug-likeness (QED) is 0.526. The van der Waals surface area contributed by atoms with Gasteiger partial charge in [0.25, 0.3) is 0 Å². The Morgan fingerprint density at radius 1 is 1.12 bits per heavy atom. The number of likely N-dealkylation sites (tertiary alicyclic amines) is 1. The normalized spacial score (nSPS) is 19.0. The monoisotopic (exact) mass is 336 g/mol. The van der Waals surface area contributed by atoms with Gasteiger partial charge in [0.05, 0.1) is 22.8 Å². The number of ether oxygens (including phenoxy) is 1. The standard InChI is InChI=1S/C20H20N2OS/c1-21-10-9-13(12-21)19-16-11-14(23-2)7-8-17(16)22-20(19)15-5-3-4-6-18(15)24-22/h3-8,11,13H,9-10,12H2,1-2H3/t13-/m0/s1. The molecule has 3 nitrogen and oxygen atoms in total. The predicted molar refractivity (Wildman–Crippen MR) is 102 cm³/mol. The van der Waals surface area contributed by atoms with Crippen LogP contribution in [0.25, 0.3) is 26.5 Å². The minimum Gasteiger partial charge on any atom is -0.497 e. The second kappa shape index (κ2) is 5.23. The Morgan fingerprint density at radius 2 is 2.00 bits per heavy atom. The summed E-state index contributed by atoms with van der Waals surface area (Å²) in [6, 6.07) is 15.3.